The number of thiazole rings is 1. The molecule has 12 heteroatoms. The number of aromatic nitrogens is 5. The maximum absolute atomic E-state index is 13.4. The number of carbonyl (C=O) groups is 1. The number of allylic oxidation sites excluding steroid dienone is 4. The Bertz CT molecular complexity index is 1600. The Morgan fingerprint density at radius 1 is 1.08 bits per heavy atom. The van der Waals surface area contributed by atoms with Crippen molar-refractivity contribution in [3.8, 4) is 10.6 Å². The monoisotopic (exact) mass is 537 g/mol. The van der Waals surface area contributed by atoms with Crippen molar-refractivity contribution in [3.05, 3.63) is 89.4 Å². The number of halogens is 3. The van der Waals surface area contributed by atoms with Crippen LogP contribution in [0.2, 0.25) is 0 Å². The molecule has 1 aliphatic heterocycles. The normalized spacial score (nSPS) is 14.5. The molecule has 5 rings (SSSR count). The molecular weight excluding hydrogens is 515 g/mol. The predicted molar refractivity (Wildman–Crippen MR) is 139 cm³/mol. The molecule has 1 aromatic carbocycles. The minimum absolute atomic E-state index is 0.345. The van der Waals surface area contributed by atoms with Crippen LogP contribution in [0.3, 0.4) is 0 Å². The molecular formula is C26H22F3N7OS. The molecule has 0 saturated heterocycles. The summed E-state index contributed by atoms with van der Waals surface area (Å²) in [5, 5.41) is 9.01. The van der Waals surface area contributed by atoms with E-state index in [0.29, 0.717) is 16.6 Å². The Morgan fingerprint density at radius 2 is 1.84 bits per heavy atom. The molecule has 8 nitrogen and oxygen atoms in total. The average Bonchev–Trinajstić information content (AvgIpc) is 3.44. The summed E-state index contributed by atoms with van der Waals surface area (Å²) < 4.78 is 40.2. The van der Waals surface area contributed by atoms with E-state index in [0.717, 1.165) is 38.9 Å². The minimum Gasteiger partial charge on any atom is -0.355 e. The molecule has 4 aromatic rings. The van der Waals surface area contributed by atoms with Crippen LogP contribution >= 0.6 is 11.3 Å². The molecule has 0 fully saturated rings. The van der Waals surface area contributed by atoms with Gasteiger partial charge in [-0.05, 0) is 38.1 Å². The Kier molecular flexibility index (Phi) is 6.57. The van der Waals surface area contributed by atoms with Crippen molar-refractivity contribution < 1.29 is 18.0 Å². The van der Waals surface area contributed by atoms with Crippen LogP contribution in [0.5, 0.6) is 0 Å². The van der Waals surface area contributed by atoms with E-state index >= 15 is 0 Å². The molecule has 38 heavy (non-hydrogen) atoms. The number of amides is 1. The number of aryl methyl sites for hydroxylation is 1. The van der Waals surface area contributed by atoms with Gasteiger partial charge in [0, 0.05) is 65.0 Å². The lowest BCUT2D eigenvalue weighted by atomic mass is 10.0. The first-order chi connectivity index (χ1) is 18.1. The van der Waals surface area contributed by atoms with E-state index in [1.54, 1.807) is 36.1 Å². The molecule has 0 radical (unpaired) electrons. The Morgan fingerprint density at radius 3 is 2.53 bits per heavy atom. The highest BCUT2D eigenvalue weighted by Gasteiger charge is 2.34. The Balaban J connectivity index is 1.53. The van der Waals surface area contributed by atoms with E-state index in [1.165, 1.54) is 11.3 Å². The number of hydrogen-bond donors (Lipinski definition) is 1. The second-order valence-electron chi connectivity index (χ2n) is 8.74. The topological polar surface area (TPSA) is 88.8 Å². The van der Waals surface area contributed by atoms with Gasteiger partial charge in [0.15, 0.2) is 0 Å². The Hall–Kier alpha value is -4.32. The highest BCUT2D eigenvalue weighted by atomic mass is 32.1. The number of carbonyl (C=O) groups excluding carboxylic acids is 1. The fraction of sp³-hybridized carbons (Fsp3) is 0.192. The quantitative estimate of drug-likeness (QED) is 0.358. The Labute approximate surface area is 219 Å². The third-order valence-electron chi connectivity index (χ3n) is 5.86. The van der Waals surface area contributed by atoms with Gasteiger partial charge in [0.1, 0.15) is 5.01 Å². The third kappa shape index (κ3) is 5.07. The molecule has 0 saturated carbocycles. The van der Waals surface area contributed by atoms with Crippen molar-refractivity contribution in [1.29, 1.82) is 0 Å². The number of fused-ring (bicyclic) bond motifs is 1. The van der Waals surface area contributed by atoms with Crippen LogP contribution in [0.4, 0.5) is 13.2 Å². The van der Waals surface area contributed by atoms with Crippen molar-refractivity contribution in [3.63, 3.8) is 0 Å². The van der Waals surface area contributed by atoms with E-state index in [2.05, 4.69) is 25.4 Å². The molecule has 1 amide bonds. The van der Waals surface area contributed by atoms with Gasteiger partial charge in [0.25, 0.3) is 5.91 Å². The molecule has 4 heterocycles. The highest BCUT2D eigenvalue weighted by Crippen LogP contribution is 2.34. The zero-order chi connectivity index (χ0) is 27.0. The lowest BCUT2D eigenvalue weighted by Gasteiger charge is -2.15. The lowest BCUT2D eigenvalue weighted by Crippen LogP contribution is -2.27. The summed E-state index contributed by atoms with van der Waals surface area (Å²) in [5.41, 5.74) is 2.95. The summed E-state index contributed by atoms with van der Waals surface area (Å²) in [4.78, 5) is 27.6. The fourth-order valence-corrected chi connectivity index (χ4v) is 4.75. The van der Waals surface area contributed by atoms with Crippen LogP contribution in [0.15, 0.2) is 67.5 Å². The largest absolute Gasteiger partial charge is 0.451 e. The number of alkyl halides is 3. The maximum atomic E-state index is 13.4. The first-order valence-corrected chi connectivity index (χ1v) is 12.4. The van der Waals surface area contributed by atoms with Gasteiger partial charge in [-0.15, -0.1) is 11.3 Å². The second-order valence-corrected chi connectivity index (χ2v) is 9.98. The molecule has 0 bridgehead atoms. The third-order valence-corrected chi connectivity index (χ3v) is 6.80. The van der Waals surface area contributed by atoms with Gasteiger partial charge < -0.3 is 10.2 Å². The van der Waals surface area contributed by atoms with Crippen LogP contribution in [0.25, 0.3) is 27.2 Å². The SMILES string of the molecule is Cc1cnc(-c2cc(C(=O)N[C@H](C)c3cnc(C(F)(F)F)nc3)cc3c2cnn3C2=CN(C)C=CC=C2)s1. The molecule has 1 aliphatic rings. The van der Waals surface area contributed by atoms with E-state index in [9.17, 15) is 18.0 Å². The standard InChI is InChI=1S/C26H22F3N7OS/c1-15-10-30-24(38-15)20-8-17(23(37)34-16(2)18-11-31-25(32-12-18)26(27,28)29)9-22-21(20)13-33-36(22)19-6-4-5-7-35(3)14-19/h4-14,16H,1-3H3,(H,34,37)/t16-/m1/s1. The van der Waals surface area contributed by atoms with Crippen LogP contribution in [0.1, 0.15) is 39.6 Å². The van der Waals surface area contributed by atoms with Crippen LogP contribution in [-0.2, 0) is 6.18 Å². The van der Waals surface area contributed by atoms with Crippen molar-refractivity contribution in [2.75, 3.05) is 7.05 Å². The van der Waals surface area contributed by atoms with Crippen LogP contribution in [0, 0.1) is 6.92 Å². The maximum Gasteiger partial charge on any atom is 0.451 e. The second kappa shape index (κ2) is 9.86. The van der Waals surface area contributed by atoms with Gasteiger partial charge >= 0.3 is 6.18 Å². The molecule has 1 atom stereocenters. The molecule has 0 unspecified atom stereocenters. The number of nitrogens with one attached hydrogen (secondary N) is 1. The zero-order valence-corrected chi connectivity index (χ0v) is 21.4. The smallest absolute Gasteiger partial charge is 0.355 e. The van der Waals surface area contributed by atoms with Gasteiger partial charge in [0.2, 0.25) is 5.82 Å². The minimum atomic E-state index is -4.64. The summed E-state index contributed by atoms with van der Waals surface area (Å²) in [6.45, 7) is 3.61. The summed E-state index contributed by atoms with van der Waals surface area (Å²) in [6, 6.07) is 2.86. The number of hydrogen-bond acceptors (Lipinski definition) is 7. The van der Waals surface area contributed by atoms with Crippen molar-refractivity contribution in [2.45, 2.75) is 26.1 Å². The number of benzene rings is 1. The molecule has 0 spiro atoms. The van der Waals surface area contributed by atoms with Gasteiger partial charge in [-0.1, -0.05) is 6.08 Å². The number of rotatable bonds is 5. The van der Waals surface area contributed by atoms with Crippen molar-refractivity contribution >= 4 is 33.8 Å². The van der Waals surface area contributed by atoms with Crippen molar-refractivity contribution in [1.82, 2.24) is 34.9 Å². The van der Waals surface area contributed by atoms with Gasteiger partial charge in [-0.25, -0.2) is 19.6 Å². The zero-order valence-electron chi connectivity index (χ0n) is 20.6. The first kappa shape index (κ1) is 25.3. The van der Waals surface area contributed by atoms with Gasteiger partial charge in [0.05, 0.1) is 23.5 Å². The van der Waals surface area contributed by atoms with E-state index in [-0.39, 0.29) is 0 Å². The summed E-state index contributed by atoms with van der Waals surface area (Å²) >= 11 is 1.50. The molecule has 3 aromatic heterocycles. The van der Waals surface area contributed by atoms with Crippen molar-refractivity contribution in [2.24, 2.45) is 0 Å². The fourth-order valence-electron chi connectivity index (χ4n) is 3.95. The first-order valence-electron chi connectivity index (χ1n) is 11.5. The highest BCUT2D eigenvalue weighted by molar-refractivity contribution is 7.15. The van der Waals surface area contributed by atoms with Gasteiger partial charge in [-0.3, -0.25) is 4.79 Å². The lowest BCUT2D eigenvalue weighted by molar-refractivity contribution is -0.145. The molecule has 194 valence electrons. The summed E-state index contributed by atoms with van der Waals surface area (Å²) in [5.74, 6) is -1.64. The summed E-state index contributed by atoms with van der Waals surface area (Å²) in [7, 11) is 1.91. The van der Waals surface area contributed by atoms with E-state index in [1.807, 2.05) is 49.5 Å². The predicted octanol–water partition coefficient (Wildman–Crippen LogP) is 5.58. The van der Waals surface area contributed by atoms with Gasteiger partial charge in [-0.2, -0.15) is 18.3 Å². The van der Waals surface area contributed by atoms with E-state index < -0.39 is 23.9 Å². The average molecular weight is 538 g/mol. The van der Waals surface area contributed by atoms with Crippen LogP contribution in [-0.4, -0.2) is 42.6 Å². The number of nitrogens with zero attached hydrogens (tertiary/aromatic N) is 6. The summed E-state index contributed by atoms with van der Waals surface area (Å²) in [6.07, 6.45) is 10.6. The molecule has 0 aliphatic carbocycles. The van der Waals surface area contributed by atoms with Crippen LogP contribution < -0.4 is 5.32 Å². The van der Waals surface area contributed by atoms with E-state index in [4.69, 9.17) is 0 Å². The molecule has 1 N–H and O–H groups in total.